The zero-order chi connectivity index (χ0) is 19.6. The molecular weight excluding hydrogens is 376 g/mol. The molecule has 7 nitrogen and oxygen atoms in total. The minimum atomic E-state index is 0.110. The summed E-state index contributed by atoms with van der Waals surface area (Å²) in [7, 11) is 4.06. The molecular formula is C20H23ClN6O. The van der Waals surface area contributed by atoms with Crippen molar-refractivity contribution in [3.8, 4) is 17.1 Å². The topological polar surface area (TPSA) is 70.3 Å². The number of phenolic OH excluding ortho intramolecular Hbond substituents is 1. The third-order valence-electron chi connectivity index (χ3n) is 6.05. The van der Waals surface area contributed by atoms with E-state index in [1.807, 2.05) is 30.8 Å². The number of hydrogen-bond donors (Lipinski definition) is 1. The number of benzene rings is 1. The van der Waals surface area contributed by atoms with Crippen molar-refractivity contribution in [2.75, 3.05) is 38.1 Å². The zero-order valence-electron chi connectivity index (χ0n) is 16.3. The van der Waals surface area contributed by atoms with Crippen LogP contribution in [0.15, 0.2) is 18.3 Å². The van der Waals surface area contributed by atoms with Crippen molar-refractivity contribution in [3.05, 3.63) is 28.9 Å². The maximum Gasteiger partial charge on any atom is 0.200 e. The maximum atomic E-state index is 10.4. The van der Waals surface area contributed by atoms with E-state index in [2.05, 4.69) is 21.8 Å². The Bertz CT molecular complexity index is 1060. The summed E-state index contributed by atoms with van der Waals surface area (Å²) in [6, 6.07) is 3.36. The Balaban J connectivity index is 1.52. The number of nitrogens with zero attached hydrogens (tertiary/aromatic N) is 6. The molecule has 2 aromatic heterocycles. The number of rotatable bonds is 2. The van der Waals surface area contributed by atoms with Crippen molar-refractivity contribution in [1.82, 2.24) is 24.4 Å². The van der Waals surface area contributed by atoms with Crippen molar-refractivity contribution in [2.24, 2.45) is 12.5 Å². The Labute approximate surface area is 168 Å². The Hall–Kier alpha value is -2.38. The molecule has 0 amide bonds. The van der Waals surface area contributed by atoms with E-state index in [4.69, 9.17) is 21.6 Å². The fourth-order valence-corrected chi connectivity index (χ4v) is 5.10. The second-order valence-electron chi connectivity index (χ2n) is 8.33. The van der Waals surface area contributed by atoms with E-state index in [0.717, 1.165) is 37.6 Å². The number of aromatic hydroxyl groups is 1. The average molecular weight is 399 g/mol. The van der Waals surface area contributed by atoms with Gasteiger partial charge in [-0.3, -0.25) is 0 Å². The van der Waals surface area contributed by atoms with Crippen LogP contribution in [0.25, 0.3) is 22.7 Å². The number of aromatic nitrogens is 4. The molecule has 1 spiro atoms. The maximum absolute atomic E-state index is 10.4. The van der Waals surface area contributed by atoms with Crippen molar-refractivity contribution in [3.63, 3.8) is 0 Å². The molecule has 4 heterocycles. The van der Waals surface area contributed by atoms with E-state index in [-0.39, 0.29) is 5.75 Å². The highest BCUT2D eigenvalue weighted by Gasteiger charge is 2.46. The van der Waals surface area contributed by atoms with E-state index < -0.39 is 0 Å². The van der Waals surface area contributed by atoms with E-state index in [1.165, 1.54) is 12.5 Å². The molecule has 2 aliphatic rings. The molecule has 0 radical (unpaired) electrons. The number of halogens is 1. The summed E-state index contributed by atoms with van der Waals surface area (Å²) in [6.07, 6.45) is 3.03. The molecule has 0 saturated carbocycles. The monoisotopic (exact) mass is 398 g/mol. The van der Waals surface area contributed by atoms with Crippen molar-refractivity contribution >= 4 is 28.7 Å². The fourth-order valence-electron chi connectivity index (χ4n) is 4.83. The SMILES string of the molecule is Cc1cc(Cl)cc(O)c1-c1nc2nc(N3CCC4(CN(C)C4)C3)cnc2n1C. The number of hydrogen-bond acceptors (Lipinski definition) is 6. The highest BCUT2D eigenvalue weighted by atomic mass is 35.5. The van der Waals surface area contributed by atoms with Gasteiger partial charge in [0.15, 0.2) is 11.3 Å². The van der Waals surface area contributed by atoms with Gasteiger partial charge in [0.2, 0.25) is 0 Å². The first kappa shape index (κ1) is 17.7. The molecule has 2 aliphatic heterocycles. The summed E-state index contributed by atoms with van der Waals surface area (Å²) in [5, 5.41) is 10.9. The van der Waals surface area contributed by atoms with Crippen LogP contribution in [0.5, 0.6) is 5.75 Å². The highest BCUT2D eigenvalue weighted by Crippen LogP contribution is 2.40. The Morgan fingerprint density at radius 1 is 1.14 bits per heavy atom. The summed E-state index contributed by atoms with van der Waals surface area (Å²) in [5.41, 5.74) is 3.22. The summed E-state index contributed by atoms with van der Waals surface area (Å²) in [5.74, 6) is 1.62. The molecule has 1 aromatic carbocycles. The smallest absolute Gasteiger partial charge is 0.200 e. The van der Waals surface area contributed by atoms with Gasteiger partial charge in [0.25, 0.3) is 0 Å². The van der Waals surface area contributed by atoms with Gasteiger partial charge < -0.3 is 19.5 Å². The number of anilines is 1. The first-order valence-electron chi connectivity index (χ1n) is 9.48. The second-order valence-corrected chi connectivity index (χ2v) is 8.77. The Morgan fingerprint density at radius 3 is 2.64 bits per heavy atom. The van der Waals surface area contributed by atoms with Crippen LogP contribution in [0, 0.1) is 12.3 Å². The van der Waals surface area contributed by atoms with Gasteiger partial charge in [-0.25, -0.2) is 15.0 Å². The Morgan fingerprint density at radius 2 is 1.93 bits per heavy atom. The van der Waals surface area contributed by atoms with Crippen LogP contribution in [0.3, 0.4) is 0 Å². The number of aryl methyl sites for hydroxylation is 2. The van der Waals surface area contributed by atoms with Crippen molar-refractivity contribution in [1.29, 1.82) is 0 Å². The van der Waals surface area contributed by atoms with Gasteiger partial charge in [-0.05, 0) is 38.1 Å². The molecule has 0 unspecified atom stereocenters. The van der Waals surface area contributed by atoms with Gasteiger partial charge >= 0.3 is 0 Å². The summed E-state index contributed by atoms with van der Waals surface area (Å²) in [4.78, 5) is 18.8. The molecule has 1 N–H and O–H groups in total. The van der Waals surface area contributed by atoms with E-state index in [0.29, 0.717) is 33.1 Å². The molecule has 2 saturated heterocycles. The molecule has 5 rings (SSSR count). The average Bonchev–Trinajstić information content (AvgIpc) is 3.17. The van der Waals surface area contributed by atoms with Gasteiger partial charge in [-0.1, -0.05) is 11.6 Å². The number of imidazole rings is 1. The molecule has 8 heteroatoms. The van der Waals surface area contributed by atoms with Crippen LogP contribution in [0.1, 0.15) is 12.0 Å². The molecule has 28 heavy (non-hydrogen) atoms. The third-order valence-corrected chi connectivity index (χ3v) is 6.26. The summed E-state index contributed by atoms with van der Waals surface area (Å²) in [6.45, 7) is 6.25. The second kappa shape index (κ2) is 6.06. The fraction of sp³-hybridized carbons (Fsp3) is 0.450. The van der Waals surface area contributed by atoms with Gasteiger partial charge in [-0.2, -0.15) is 0 Å². The van der Waals surface area contributed by atoms with E-state index >= 15 is 0 Å². The molecule has 0 bridgehead atoms. The number of phenols is 1. The first-order valence-corrected chi connectivity index (χ1v) is 9.85. The standard InChI is InChI=1S/C20H23ClN6O/c1-12-6-13(21)7-14(28)16(12)18-24-17-19(26(18)3)22-8-15(23-17)27-5-4-20(11-27)9-25(2)10-20/h6-8,28H,4-5,9-11H2,1-3H3. The van der Waals surface area contributed by atoms with Crippen LogP contribution < -0.4 is 4.90 Å². The highest BCUT2D eigenvalue weighted by molar-refractivity contribution is 6.31. The predicted molar refractivity (Wildman–Crippen MR) is 110 cm³/mol. The minimum Gasteiger partial charge on any atom is -0.507 e. The van der Waals surface area contributed by atoms with Crippen LogP contribution >= 0.6 is 11.6 Å². The molecule has 146 valence electrons. The Kier molecular flexibility index (Phi) is 3.83. The van der Waals surface area contributed by atoms with Crippen molar-refractivity contribution < 1.29 is 5.11 Å². The summed E-state index contributed by atoms with van der Waals surface area (Å²) >= 11 is 6.05. The lowest BCUT2D eigenvalue weighted by Crippen LogP contribution is -2.55. The largest absolute Gasteiger partial charge is 0.507 e. The van der Waals surface area contributed by atoms with Gasteiger partial charge in [-0.15, -0.1) is 0 Å². The number of fused-ring (bicyclic) bond motifs is 1. The lowest BCUT2D eigenvalue weighted by Gasteiger charge is -2.46. The quantitative estimate of drug-likeness (QED) is 0.715. The molecule has 3 aromatic rings. The van der Waals surface area contributed by atoms with Gasteiger partial charge in [0.1, 0.15) is 17.4 Å². The lowest BCUT2D eigenvalue weighted by atomic mass is 9.79. The van der Waals surface area contributed by atoms with Gasteiger partial charge in [0, 0.05) is 43.7 Å². The molecule has 0 atom stereocenters. The lowest BCUT2D eigenvalue weighted by molar-refractivity contribution is 0.0424. The van der Waals surface area contributed by atoms with Crippen molar-refractivity contribution in [2.45, 2.75) is 13.3 Å². The first-order chi connectivity index (χ1) is 13.3. The van der Waals surface area contributed by atoms with Crippen LogP contribution in [-0.2, 0) is 7.05 Å². The minimum absolute atomic E-state index is 0.110. The molecule has 2 fully saturated rings. The molecule has 0 aliphatic carbocycles. The third kappa shape index (κ3) is 2.64. The van der Waals surface area contributed by atoms with E-state index in [1.54, 1.807) is 0 Å². The van der Waals surface area contributed by atoms with Crippen LogP contribution in [0.4, 0.5) is 5.82 Å². The normalized spacial score (nSPS) is 18.9. The zero-order valence-corrected chi connectivity index (χ0v) is 17.0. The van der Waals surface area contributed by atoms with E-state index in [9.17, 15) is 5.11 Å². The van der Waals surface area contributed by atoms with Crippen LogP contribution in [0.2, 0.25) is 5.02 Å². The van der Waals surface area contributed by atoms with Crippen LogP contribution in [-0.4, -0.2) is 62.8 Å². The predicted octanol–water partition coefficient (Wildman–Crippen LogP) is 2.84. The summed E-state index contributed by atoms with van der Waals surface area (Å²) < 4.78 is 1.87. The number of likely N-dealkylation sites (tertiary alicyclic amines) is 1. The van der Waals surface area contributed by atoms with Gasteiger partial charge in [0.05, 0.1) is 11.8 Å².